The average Bonchev–Trinajstić information content (AvgIpc) is 2.54. The fourth-order valence-electron chi connectivity index (χ4n) is 1.80. The monoisotopic (exact) mass is 245 g/mol. The van der Waals surface area contributed by atoms with Gasteiger partial charge in [0.25, 0.3) is 5.56 Å². The Bertz CT molecular complexity index is 508. The second-order valence-corrected chi connectivity index (χ2v) is 4.86. The molecule has 1 aromatic rings. The molecule has 0 amide bonds. The maximum atomic E-state index is 11.7. The number of aromatic amines is 1. The van der Waals surface area contributed by atoms with Crippen molar-refractivity contribution in [3.05, 3.63) is 45.9 Å². The van der Waals surface area contributed by atoms with Crippen molar-refractivity contribution >= 4 is 12.2 Å². The normalized spacial score (nSPS) is 21.0. The maximum Gasteiger partial charge on any atom is 0.255 e. The highest BCUT2D eigenvalue weighted by atomic mass is 16.1. The Kier molecular flexibility index (Phi) is 4.71. The average molecular weight is 245 g/mol. The van der Waals surface area contributed by atoms with Gasteiger partial charge in [-0.2, -0.15) is 0 Å². The first kappa shape index (κ1) is 14.5. The third-order valence-corrected chi connectivity index (χ3v) is 3.51. The van der Waals surface area contributed by atoms with Gasteiger partial charge >= 0.3 is 0 Å². The van der Waals surface area contributed by atoms with Crippen molar-refractivity contribution < 1.29 is 0 Å². The molecule has 2 heteroatoms. The first-order valence-corrected chi connectivity index (χ1v) is 6.63. The van der Waals surface area contributed by atoms with E-state index in [0.29, 0.717) is 5.92 Å². The predicted molar refractivity (Wildman–Crippen MR) is 79.4 cm³/mol. The van der Waals surface area contributed by atoms with Crippen molar-refractivity contribution in [3.63, 3.8) is 0 Å². The largest absolute Gasteiger partial charge is 0.329 e. The summed E-state index contributed by atoms with van der Waals surface area (Å²) in [6, 6.07) is 1.93. The van der Waals surface area contributed by atoms with Crippen LogP contribution in [0.5, 0.6) is 0 Å². The Labute approximate surface area is 109 Å². The van der Waals surface area contributed by atoms with Crippen molar-refractivity contribution in [2.45, 2.75) is 34.6 Å². The van der Waals surface area contributed by atoms with Crippen molar-refractivity contribution in [1.82, 2.24) is 4.98 Å². The molecule has 0 bridgehead atoms. The molecule has 0 aromatic carbocycles. The van der Waals surface area contributed by atoms with Crippen LogP contribution >= 0.6 is 0 Å². The maximum absolute atomic E-state index is 11.7. The second-order valence-electron chi connectivity index (χ2n) is 4.86. The number of rotatable bonds is 1. The molecule has 2 nitrogen and oxygen atoms in total. The van der Waals surface area contributed by atoms with Crippen LogP contribution in [0.25, 0.3) is 12.2 Å². The zero-order valence-electron chi connectivity index (χ0n) is 11.9. The van der Waals surface area contributed by atoms with Crippen LogP contribution in [-0.4, -0.2) is 4.98 Å². The lowest BCUT2D eigenvalue weighted by molar-refractivity contribution is 0.387. The highest BCUT2D eigenvalue weighted by Gasteiger charge is 2.23. The Morgan fingerprint density at radius 2 is 1.78 bits per heavy atom. The van der Waals surface area contributed by atoms with Crippen LogP contribution < -0.4 is 5.56 Å². The number of pyridine rings is 1. The molecule has 1 unspecified atom stereocenters. The van der Waals surface area contributed by atoms with Gasteiger partial charge in [0, 0.05) is 17.2 Å². The first-order valence-electron chi connectivity index (χ1n) is 6.63. The molecule has 0 fully saturated rings. The summed E-state index contributed by atoms with van der Waals surface area (Å²) in [5, 5.41) is 0. The van der Waals surface area contributed by atoms with E-state index in [0.717, 1.165) is 11.1 Å². The lowest BCUT2D eigenvalue weighted by Crippen LogP contribution is -2.17. The Hall–Kier alpha value is -1.57. The zero-order valence-corrected chi connectivity index (χ0v) is 11.9. The highest BCUT2D eigenvalue weighted by molar-refractivity contribution is 5.67. The topological polar surface area (TPSA) is 32.9 Å². The molecule has 1 aliphatic carbocycles. The van der Waals surface area contributed by atoms with Gasteiger partial charge in [-0.1, -0.05) is 58.9 Å². The van der Waals surface area contributed by atoms with Crippen molar-refractivity contribution in [2.24, 2.45) is 11.3 Å². The fraction of sp³-hybridized carbons (Fsp3) is 0.438. The van der Waals surface area contributed by atoms with Crippen molar-refractivity contribution in [1.29, 1.82) is 0 Å². The number of H-pyrrole nitrogens is 1. The first-order chi connectivity index (χ1) is 8.53. The molecule has 0 radical (unpaired) electrons. The Balaban J connectivity index is 0.000000771. The molecule has 1 N–H and O–H groups in total. The van der Waals surface area contributed by atoms with Crippen LogP contribution in [0.3, 0.4) is 0 Å². The molecule has 98 valence electrons. The quantitative estimate of drug-likeness (QED) is 0.793. The molecular weight excluding hydrogens is 222 g/mol. The van der Waals surface area contributed by atoms with E-state index in [9.17, 15) is 4.79 Å². The molecule has 0 saturated heterocycles. The summed E-state index contributed by atoms with van der Waals surface area (Å²) in [7, 11) is 0. The van der Waals surface area contributed by atoms with Gasteiger partial charge < -0.3 is 4.98 Å². The van der Waals surface area contributed by atoms with E-state index in [1.165, 1.54) is 0 Å². The van der Waals surface area contributed by atoms with Crippen molar-refractivity contribution in [2.75, 3.05) is 0 Å². The second kappa shape index (κ2) is 5.85. The predicted octanol–water partition coefficient (Wildman–Crippen LogP) is 4.10. The van der Waals surface area contributed by atoms with E-state index in [1.807, 2.05) is 32.1 Å². The Morgan fingerprint density at radius 1 is 1.17 bits per heavy atom. The minimum absolute atomic E-state index is 0.0193. The summed E-state index contributed by atoms with van der Waals surface area (Å²) in [4.78, 5) is 14.4. The lowest BCUT2D eigenvalue weighted by Gasteiger charge is -2.26. The number of nitrogens with one attached hydrogen (secondary N) is 1. The molecule has 1 heterocycles. The van der Waals surface area contributed by atoms with Gasteiger partial charge in [-0.25, -0.2) is 0 Å². The van der Waals surface area contributed by atoms with Gasteiger partial charge in [0.1, 0.15) is 0 Å². The van der Waals surface area contributed by atoms with E-state index >= 15 is 0 Å². The summed E-state index contributed by atoms with van der Waals surface area (Å²) < 4.78 is 0. The number of allylic oxidation sites excluding steroid dienone is 2. The third-order valence-electron chi connectivity index (χ3n) is 3.51. The highest BCUT2D eigenvalue weighted by Crippen LogP contribution is 2.34. The summed E-state index contributed by atoms with van der Waals surface area (Å²) in [6.45, 7) is 10.6. The molecule has 2 rings (SSSR count). The molecule has 0 saturated carbocycles. The zero-order chi connectivity index (χ0) is 13.8. The third kappa shape index (κ3) is 2.81. The van der Waals surface area contributed by atoms with Crippen LogP contribution in [-0.2, 0) is 0 Å². The summed E-state index contributed by atoms with van der Waals surface area (Å²) in [5.41, 5.74) is 1.74. The van der Waals surface area contributed by atoms with Crippen LogP contribution in [0, 0.1) is 11.3 Å². The van der Waals surface area contributed by atoms with E-state index in [1.54, 1.807) is 6.20 Å². The summed E-state index contributed by atoms with van der Waals surface area (Å²) in [5.74, 6) is 0.508. The number of aromatic nitrogens is 1. The van der Waals surface area contributed by atoms with Crippen LogP contribution in [0.2, 0.25) is 0 Å². The molecule has 1 aliphatic rings. The van der Waals surface area contributed by atoms with Gasteiger partial charge in [-0.15, -0.1) is 0 Å². The van der Waals surface area contributed by atoms with Gasteiger partial charge in [-0.05, 0) is 17.5 Å². The van der Waals surface area contributed by atoms with E-state index in [2.05, 4.69) is 37.9 Å². The minimum atomic E-state index is -0.0218. The molecular formula is C16H23NO. The van der Waals surface area contributed by atoms with E-state index in [-0.39, 0.29) is 11.0 Å². The molecule has 1 aromatic heterocycles. The number of hydrogen-bond acceptors (Lipinski definition) is 1. The van der Waals surface area contributed by atoms with Crippen molar-refractivity contribution in [3.8, 4) is 0 Å². The molecule has 18 heavy (non-hydrogen) atoms. The van der Waals surface area contributed by atoms with Gasteiger partial charge in [0.2, 0.25) is 0 Å². The summed E-state index contributed by atoms with van der Waals surface area (Å²) >= 11 is 0. The minimum Gasteiger partial charge on any atom is -0.329 e. The fourth-order valence-corrected chi connectivity index (χ4v) is 1.80. The number of hydrogen-bond donors (Lipinski definition) is 1. The van der Waals surface area contributed by atoms with Crippen LogP contribution in [0.15, 0.2) is 29.2 Å². The molecule has 0 aliphatic heterocycles. The van der Waals surface area contributed by atoms with Crippen LogP contribution in [0.1, 0.15) is 45.7 Å². The lowest BCUT2D eigenvalue weighted by atomic mass is 9.79. The van der Waals surface area contributed by atoms with Gasteiger partial charge in [0.15, 0.2) is 0 Å². The van der Waals surface area contributed by atoms with Gasteiger partial charge in [-0.3, -0.25) is 4.79 Å². The van der Waals surface area contributed by atoms with E-state index < -0.39 is 0 Å². The number of fused-ring (bicyclic) bond motifs is 1. The smallest absolute Gasteiger partial charge is 0.255 e. The standard InChI is InChI=1S/C14H17NO.C2H6/c1-10(2)14(3)7-4-11-6-9-15-13(16)12(11)5-8-14;1-2/h4-10H,1-3H3,(H,15,16);1-2H3. The van der Waals surface area contributed by atoms with Gasteiger partial charge in [0.05, 0.1) is 0 Å². The summed E-state index contributed by atoms with van der Waals surface area (Å²) in [6.07, 6.45) is 9.98. The molecule has 0 spiro atoms. The Morgan fingerprint density at radius 3 is 2.39 bits per heavy atom. The van der Waals surface area contributed by atoms with E-state index in [4.69, 9.17) is 0 Å². The molecule has 1 atom stereocenters. The SMILES string of the molecule is CC.CC(C)C1(C)C=Cc2cc[nH]c(=O)c2C=C1. The van der Waals surface area contributed by atoms with Crippen LogP contribution in [0.4, 0.5) is 0 Å².